The average molecular weight is 366 g/mol. The number of nitrogens with zero attached hydrogens (tertiary/aromatic N) is 1. The highest BCUT2D eigenvalue weighted by Crippen LogP contribution is 2.28. The zero-order valence-corrected chi connectivity index (χ0v) is 15.5. The van der Waals surface area contributed by atoms with Crippen molar-refractivity contribution in [3.8, 4) is 17.0 Å². The molecule has 2 aromatic carbocycles. The van der Waals surface area contributed by atoms with Gasteiger partial charge in [-0.15, -0.1) is 11.3 Å². The molecule has 0 unspecified atom stereocenters. The summed E-state index contributed by atoms with van der Waals surface area (Å²) < 4.78 is 4.96. The monoisotopic (exact) mass is 366 g/mol. The number of aromatic nitrogens is 1. The van der Waals surface area contributed by atoms with E-state index in [1.54, 1.807) is 24.3 Å². The first-order valence-electron chi connectivity index (χ1n) is 8.05. The Morgan fingerprint density at radius 3 is 2.50 bits per heavy atom. The molecule has 3 rings (SSSR count). The van der Waals surface area contributed by atoms with E-state index in [0.29, 0.717) is 16.4 Å². The Hall–Kier alpha value is -2.99. The number of aryl methyl sites for hydroxylation is 2. The number of hydrogen-bond donors (Lipinski definition) is 1. The van der Waals surface area contributed by atoms with Crippen molar-refractivity contribution in [3.63, 3.8) is 0 Å². The summed E-state index contributed by atoms with van der Waals surface area (Å²) in [4.78, 5) is 27.8. The highest BCUT2D eigenvalue weighted by atomic mass is 32.1. The first-order valence-corrected chi connectivity index (χ1v) is 8.93. The number of carbonyl (C=O) groups is 2. The van der Waals surface area contributed by atoms with Crippen LogP contribution in [0.2, 0.25) is 0 Å². The zero-order chi connectivity index (χ0) is 18.7. The molecular weight excluding hydrogens is 348 g/mol. The van der Waals surface area contributed by atoms with Gasteiger partial charge >= 0.3 is 5.97 Å². The molecule has 0 bridgehead atoms. The molecule has 0 aliphatic heterocycles. The molecule has 0 radical (unpaired) electrons. The lowest BCUT2D eigenvalue weighted by Crippen LogP contribution is -2.11. The number of rotatable bonds is 4. The highest BCUT2D eigenvalue weighted by Gasteiger charge is 2.12. The van der Waals surface area contributed by atoms with Crippen molar-refractivity contribution in [2.24, 2.45) is 0 Å². The molecule has 3 aromatic rings. The quantitative estimate of drug-likeness (QED) is 0.541. The van der Waals surface area contributed by atoms with Gasteiger partial charge < -0.3 is 4.74 Å². The molecule has 6 heteroatoms. The van der Waals surface area contributed by atoms with Crippen molar-refractivity contribution in [3.05, 3.63) is 64.5 Å². The SMILES string of the molecule is CC(=O)Oc1ccc(C(=O)Nc2nc(-c3cc(C)ccc3C)cs2)cc1. The number of thiazole rings is 1. The van der Waals surface area contributed by atoms with Crippen molar-refractivity contribution in [2.75, 3.05) is 5.32 Å². The predicted molar refractivity (Wildman–Crippen MR) is 103 cm³/mol. The molecule has 0 fully saturated rings. The van der Waals surface area contributed by atoms with E-state index in [4.69, 9.17) is 4.74 Å². The van der Waals surface area contributed by atoms with Crippen LogP contribution in [0.4, 0.5) is 5.13 Å². The Morgan fingerprint density at radius 1 is 1.08 bits per heavy atom. The summed E-state index contributed by atoms with van der Waals surface area (Å²) in [6.45, 7) is 5.41. The van der Waals surface area contributed by atoms with Gasteiger partial charge in [0.1, 0.15) is 5.75 Å². The number of nitrogens with one attached hydrogen (secondary N) is 1. The summed E-state index contributed by atoms with van der Waals surface area (Å²) in [7, 11) is 0. The number of amides is 1. The lowest BCUT2D eigenvalue weighted by molar-refractivity contribution is -0.131. The van der Waals surface area contributed by atoms with E-state index in [1.807, 2.05) is 19.2 Å². The maximum atomic E-state index is 12.4. The number of ether oxygens (including phenoxy) is 1. The molecule has 0 atom stereocenters. The molecule has 1 aromatic heterocycles. The van der Waals surface area contributed by atoms with Crippen LogP contribution in [0.25, 0.3) is 11.3 Å². The normalized spacial score (nSPS) is 10.4. The fraction of sp³-hybridized carbons (Fsp3) is 0.150. The summed E-state index contributed by atoms with van der Waals surface area (Å²) in [6.07, 6.45) is 0. The second kappa shape index (κ2) is 7.49. The van der Waals surface area contributed by atoms with Gasteiger partial charge in [-0.05, 0) is 49.7 Å². The maximum absolute atomic E-state index is 12.4. The first kappa shape index (κ1) is 17.8. The van der Waals surface area contributed by atoms with Crippen molar-refractivity contribution in [1.82, 2.24) is 4.98 Å². The predicted octanol–water partition coefficient (Wildman–Crippen LogP) is 4.60. The fourth-order valence-corrected chi connectivity index (χ4v) is 3.18. The molecule has 1 heterocycles. The third-order valence-electron chi connectivity index (χ3n) is 3.77. The number of benzene rings is 2. The van der Waals surface area contributed by atoms with Gasteiger partial charge in [0.05, 0.1) is 5.69 Å². The average Bonchev–Trinajstić information content (AvgIpc) is 3.05. The van der Waals surface area contributed by atoms with Crippen molar-refractivity contribution in [2.45, 2.75) is 20.8 Å². The van der Waals surface area contributed by atoms with Crippen LogP contribution >= 0.6 is 11.3 Å². The van der Waals surface area contributed by atoms with Gasteiger partial charge in [0, 0.05) is 23.4 Å². The molecule has 26 heavy (non-hydrogen) atoms. The van der Waals surface area contributed by atoms with Gasteiger partial charge in [-0.3, -0.25) is 14.9 Å². The van der Waals surface area contributed by atoms with Crippen LogP contribution in [0.5, 0.6) is 5.75 Å². The van der Waals surface area contributed by atoms with E-state index in [-0.39, 0.29) is 5.91 Å². The Morgan fingerprint density at radius 2 is 1.81 bits per heavy atom. The summed E-state index contributed by atoms with van der Waals surface area (Å²) in [5.74, 6) is -0.259. The van der Waals surface area contributed by atoms with E-state index in [1.165, 1.54) is 18.3 Å². The number of carbonyl (C=O) groups excluding carboxylic acids is 2. The standard InChI is InChI=1S/C20H18N2O3S/c1-12-4-5-13(2)17(10-12)18-11-26-20(21-18)22-19(24)15-6-8-16(9-7-15)25-14(3)23/h4-11H,1-3H3,(H,21,22,24). The second-order valence-electron chi connectivity index (χ2n) is 5.93. The fourth-order valence-electron chi connectivity index (χ4n) is 2.48. The van der Waals surface area contributed by atoms with Gasteiger partial charge in [0.25, 0.3) is 5.91 Å². The maximum Gasteiger partial charge on any atom is 0.308 e. The second-order valence-corrected chi connectivity index (χ2v) is 6.79. The molecule has 5 nitrogen and oxygen atoms in total. The zero-order valence-electron chi connectivity index (χ0n) is 14.7. The molecular formula is C20H18N2O3S. The number of anilines is 1. The Kier molecular flexibility index (Phi) is 5.14. The first-order chi connectivity index (χ1) is 12.4. The molecule has 1 N–H and O–H groups in total. The minimum atomic E-state index is -0.399. The van der Waals surface area contributed by atoms with E-state index >= 15 is 0 Å². The van der Waals surface area contributed by atoms with E-state index < -0.39 is 5.97 Å². The van der Waals surface area contributed by atoms with Crippen LogP contribution < -0.4 is 10.1 Å². The Labute approximate surface area is 155 Å². The summed E-state index contributed by atoms with van der Waals surface area (Å²) in [5, 5.41) is 5.27. The van der Waals surface area contributed by atoms with Crippen LogP contribution in [-0.2, 0) is 4.79 Å². The van der Waals surface area contributed by atoms with Crippen LogP contribution in [0.3, 0.4) is 0 Å². The van der Waals surface area contributed by atoms with Crippen LogP contribution in [0.15, 0.2) is 47.8 Å². The van der Waals surface area contributed by atoms with Crippen molar-refractivity contribution >= 4 is 28.3 Å². The van der Waals surface area contributed by atoms with Crippen LogP contribution in [0, 0.1) is 13.8 Å². The molecule has 0 aliphatic carbocycles. The van der Waals surface area contributed by atoms with Gasteiger partial charge in [-0.1, -0.05) is 17.7 Å². The molecule has 0 saturated heterocycles. The summed E-state index contributed by atoms with van der Waals surface area (Å²) >= 11 is 1.38. The molecule has 0 aliphatic rings. The lowest BCUT2D eigenvalue weighted by atomic mass is 10.0. The minimum absolute atomic E-state index is 0.263. The van der Waals surface area contributed by atoms with Gasteiger partial charge in [0.2, 0.25) is 0 Å². The third kappa shape index (κ3) is 4.15. The summed E-state index contributed by atoms with van der Waals surface area (Å²) in [5.41, 5.74) is 4.67. The third-order valence-corrected chi connectivity index (χ3v) is 4.53. The van der Waals surface area contributed by atoms with Crippen LogP contribution in [-0.4, -0.2) is 16.9 Å². The molecule has 0 saturated carbocycles. The number of esters is 1. The van der Waals surface area contributed by atoms with Crippen LogP contribution in [0.1, 0.15) is 28.4 Å². The van der Waals surface area contributed by atoms with Crippen molar-refractivity contribution in [1.29, 1.82) is 0 Å². The molecule has 1 amide bonds. The smallest absolute Gasteiger partial charge is 0.308 e. The van der Waals surface area contributed by atoms with E-state index in [2.05, 4.69) is 28.5 Å². The van der Waals surface area contributed by atoms with Gasteiger partial charge in [-0.25, -0.2) is 4.98 Å². The molecule has 132 valence electrons. The Balaban J connectivity index is 1.73. The molecule has 0 spiro atoms. The minimum Gasteiger partial charge on any atom is -0.427 e. The highest BCUT2D eigenvalue weighted by molar-refractivity contribution is 7.14. The summed E-state index contributed by atoms with van der Waals surface area (Å²) in [6, 6.07) is 12.6. The van der Waals surface area contributed by atoms with Crippen molar-refractivity contribution < 1.29 is 14.3 Å². The number of hydrogen-bond acceptors (Lipinski definition) is 5. The van der Waals surface area contributed by atoms with Gasteiger partial charge in [-0.2, -0.15) is 0 Å². The Bertz CT molecular complexity index is 961. The largest absolute Gasteiger partial charge is 0.427 e. The topological polar surface area (TPSA) is 68.3 Å². The lowest BCUT2D eigenvalue weighted by Gasteiger charge is -2.05. The van der Waals surface area contributed by atoms with E-state index in [0.717, 1.165) is 22.4 Å². The van der Waals surface area contributed by atoms with E-state index in [9.17, 15) is 9.59 Å². The van der Waals surface area contributed by atoms with Gasteiger partial charge in [0.15, 0.2) is 5.13 Å².